The van der Waals surface area contributed by atoms with Crippen molar-refractivity contribution in [2.24, 2.45) is 5.41 Å². The maximum Gasteiger partial charge on any atom is 0.337 e. The Kier molecular flexibility index (Phi) is 8.35. The highest BCUT2D eigenvalue weighted by molar-refractivity contribution is 5.88. The molecule has 1 unspecified atom stereocenters. The number of rotatable bonds is 7. The fourth-order valence-corrected chi connectivity index (χ4v) is 6.71. The van der Waals surface area contributed by atoms with Crippen molar-refractivity contribution >= 4 is 17.5 Å². The van der Waals surface area contributed by atoms with E-state index in [1.54, 1.807) is 18.9 Å². The van der Waals surface area contributed by atoms with Crippen molar-refractivity contribution in [1.29, 1.82) is 0 Å². The van der Waals surface area contributed by atoms with Gasteiger partial charge in [0.05, 0.1) is 11.3 Å². The first-order valence-electron chi connectivity index (χ1n) is 16.1. The molecule has 46 heavy (non-hydrogen) atoms. The highest BCUT2D eigenvalue weighted by Crippen LogP contribution is 2.45. The minimum Gasteiger partial charge on any atom is -0.479 e. The number of anilines is 2. The molecule has 0 bridgehead atoms. The highest BCUT2D eigenvalue weighted by atomic mass is 16.5. The molecule has 1 fully saturated rings. The zero-order valence-electron chi connectivity index (χ0n) is 28.0. The van der Waals surface area contributed by atoms with Crippen LogP contribution in [0.4, 0.5) is 11.5 Å². The molecule has 10 nitrogen and oxygen atoms in total. The molecule has 242 valence electrons. The molecule has 3 aromatic heterocycles. The standard InChI is InChI=1S/C36H45N7O3/c1-23-30(32(41-15-11-36(6,7)12-16-41)31(24(2)40-23)33(34(44)45)46-35(3,4)5)26-8-9-27-20-42(14-10-25(27)18-26)28-19-29(39-21-38-28)43-17-13-37-22-43/h8-9,13,17-19,21-22,33H,10-12,14-16,20H2,1-7H3,(H,44,45). The van der Waals surface area contributed by atoms with Crippen molar-refractivity contribution in [2.45, 2.75) is 86.0 Å². The van der Waals surface area contributed by atoms with Crippen LogP contribution in [0, 0.1) is 19.3 Å². The average Bonchev–Trinajstić information content (AvgIpc) is 3.54. The van der Waals surface area contributed by atoms with E-state index in [4.69, 9.17) is 9.72 Å². The fourth-order valence-electron chi connectivity index (χ4n) is 6.71. The Hall–Kier alpha value is -4.31. The molecule has 10 heteroatoms. The van der Waals surface area contributed by atoms with E-state index in [9.17, 15) is 9.90 Å². The monoisotopic (exact) mass is 623 g/mol. The number of fused-ring (bicyclic) bond motifs is 1. The van der Waals surface area contributed by atoms with Crippen LogP contribution in [0.3, 0.4) is 0 Å². The van der Waals surface area contributed by atoms with Gasteiger partial charge in [-0.25, -0.2) is 19.7 Å². The number of pyridine rings is 1. The zero-order valence-corrected chi connectivity index (χ0v) is 28.0. The van der Waals surface area contributed by atoms with E-state index in [1.165, 1.54) is 11.1 Å². The van der Waals surface area contributed by atoms with Gasteiger partial charge in [0.2, 0.25) is 0 Å². The van der Waals surface area contributed by atoms with Gasteiger partial charge in [0, 0.05) is 67.2 Å². The number of aryl methyl sites for hydroxylation is 2. The van der Waals surface area contributed by atoms with E-state index in [-0.39, 0.29) is 5.41 Å². The van der Waals surface area contributed by atoms with E-state index >= 15 is 0 Å². The molecule has 1 saturated heterocycles. The number of aliphatic carboxylic acids is 1. The SMILES string of the molecule is Cc1nc(C)c(C(OC(C)(C)C)C(=O)O)c(N2CCC(C)(C)CC2)c1-c1ccc2c(c1)CCN(c1cc(-n3ccnc3)ncn1)C2. The summed E-state index contributed by atoms with van der Waals surface area (Å²) in [5.41, 5.74) is 7.37. The predicted octanol–water partition coefficient (Wildman–Crippen LogP) is 6.47. The van der Waals surface area contributed by atoms with Gasteiger partial charge >= 0.3 is 5.97 Å². The molecule has 0 aliphatic carbocycles. The molecule has 4 aromatic rings. The fraction of sp³-hybridized carbons (Fsp3) is 0.472. The minimum atomic E-state index is -1.14. The van der Waals surface area contributed by atoms with Crippen molar-refractivity contribution in [1.82, 2.24) is 24.5 Å². The van der Waals surface area contributed by atoms with Crippen LogP contribution in [0.5, 0.6) is 0 Å². The van der Waals surface area contributed by atoms with E-state index in [0.29, 0.717) is 11.3 Å². The van der Waals surface area contributed by atoms with Crippen LogP contribution < -0.4 is 9.80 Å². The van der Waals surface area contributed by atoms with Gasteiger partial charge in [-0.05, 0) is 76.0 Å². The van der Waals surface area contributed by atoms with Gasteiger partial charge in [-0.2, -0.15) is 0 Å². The van der Waals surface area contributed by atoms with Gasteiger partial charge in [0.15, 0.2) is 6.10 Å². The smallest absolute Gasteiger partial charge is 0.337 e. The molecule has 1 atom stereocenters. The third-order valence-electron chi connectivity index (χ3n) is 9.21. The number of carboxylic acid groups (broad SMARTS) is 1. The molecule has 0 saturated carbocycles. The molecule has 2 aliphatic rings. The number of carboxylic acids is 1. The normalized spacial score (nSPS) is 17.1. The second kappa shape index (κ2) is 12.1. The Labute approximate surface area is 271 Å². The summed E-state index contributed by atoms with van der Waals surface area (Å²) in [6, 6.07) is 8.65. The van der Waals surface area contributed by atoms with Crippen LogP contribution >= 0.6 is 0 Å². The van der Waals surface area contributed by atoms with E-state index in [1.807, 2.05) is 51.4 Å². The van der Waals surface area contributed by atoms with Gasteiger partial charge < -0.3 is 19.6 Å². The van der Waals surface area contributed by atoms with Crippen LogP contribution in [0.2, 0.25) is 0 Å². The number of carbonyl (C=O) groups is 1. The summed E-state index contributed by atoms with van der Waals surface area (Å²) in [5, 5.41) is 10.5. The maximum absolute atomic E-state index is 12.8. The van der Waals surface area contributed by atoms with Crippen LogP contribution in [-0.4, -0.2) is 60.8 Å². The summed E-state index contributed by atoms with van der Waals surface area (Å²) < 4.78 is 8.14. The number of piperidine rings is 1. The van der Waals surface area contributed by atoms with Gasteiger partial charge in [0.25, 0.3) is 0 Å². The lowest BCUT2D eigenvalue weighted by Gasteiger charge is -2.41. The van der Waals surface area contributed by atoms with E-state index < -0.39 is 17.7 Å². The summed E-state index contributed by atoms with van der Waals surface area (Å²) in [7, 11) is 0. The second-order valence-corrected chi connectivity index (χ2v) is 14.4. The first-order valence-corrected chi connectivity index (χ1v) is 16.1. The van der Waals surface area contributed by atoms with Crippen molar-refractivity contribution < 1.29 is 14.6 Å². The minimum absolute atomic E-state index is 0.239. The Morgan fingerprint density at radius 2 is 1.72 bits per heavy atom. The first kappa shape index (κ1) is 31.7. The third kappa shape index (κ3) is 6.49. The van der Waals surface area contributed by atoms with E-state index in [0.717, 1.165) is 79.6 Å². The number of imidazole rings is 1. The second-order valence-electron chi connectivity index (χ2n) is 14.4. The summed E-state index contributed by atoms with van der Waals surface area (Å²) in [6.45, 7) is 17.5. The van der Waals surface area contributed by atoms with Gasteiger partial charge in [0.1, 0.15) is 24.3 Å². The molecule has 0 spiro atoms. The van der Waals surface area contributed by atoms with Gasteiger partial charge in [-0.1, -0.05) is 32.0 Å². The molecule has 0 radical (unpaired) electrons. The summed E-state index contributed by atoms with van der Waals surface area (Å²) >= 11 is 0. The topological polar surface area (TPSA) is 110 Å². The average molecular weight is 624 g/mol. The van der Waals surface area contributed by atoms with Crippen molar-refractivity contribution in [3.05, 3.63) is 77.4 Å². The first-order chi connectivity index (χ1) is 21.8. The maximum atomic E-state index is 12.8. The Bertz CT molecular complexity index is 1730. The molecule has 6 rings (SSSR count). The molecule has 1 N–H and O–H groups in total. The lowest BCUT2D eigenvalue weighted by atomic mass is 9.81. The molecular weight excluding hydrogens is 578 g/mol. The quantitative estimate of drug-likeness (QED) is 0.248. The Balaban J connectivity index is 1.40. The summed E-state index contributed by atoms with van der Waals surface area (Å²) in [6.07, 6.45) is 8.72. The lowest BCUT2D eigenvalue weighted by molar-refractivity contribution is -0.160. The van der Waals surface area contributed by atoms with Crippen LogP contribution in [0.1, 0.15) is 81.6 Å². The molecule has 5 heterocycles. The van der Waals surface area contributed by atoms with Crippen molar-refractivity contribution in [2.75, 3.05) is 29.4 Å². The van der Waals surface area contributed by atoms with Gasteiger partial charge in [-0.15, -0.1) is 0 Å². The number of nitrogens with zero attached hydrogens (tertiary/aromatic N) is 7. The van der Waals surface area contributed by atoms with Crippen LogP contribution in [0.15, 0.2) is 49.3 Å². The zero-order chi connectivity index (χ0) is 32.8. The third-order valence-corrected chi connectivity index (χ3v) is 9.21. The lowest BCUT2D eigenvalue weighted by Crippen LogP contribution is -2.39. The summed E-state index contributed by atoms with van der Waals surface area (Å²) in [5.74, 6) is 0.663. The number of aromatic nitrogens is 5. The number of hydrogen-bond donors (Lipinski definition) is 1. The van der Waals surface area contributed by atoms with Crippen molar-refractivity contribution in [3.8, 4) is 16.9 Å². The molecular formula is C36H45N7O3. The predicted molar refractivity (Wildman–Crippen MR) is 179 cm³/mol. The molecule has 2 aliphatic heterocycles. The Morgan fingerprint density at radius 3 is 2.39 bits per heavy atom. The number of ether oxygens (including phenoxy) is 1. The number of benzene rings is 1. The van der Waals surface area contributed by atoms with Crippen molar-refractivity contribution in [3.63, 3.8) is 0 Å². The molecule has 1 aromatic carbocycles. The molecule has 0 amide bonds. The number of hydrogen-bond acceptors (Lipinski definition) is 8. The summed E-state index contributed by atoms with van der Waals surface area (Å²) in [4.78, 5) is 35.6. The van der Waals surface area contributed by atoms with Crippen LogP contribution in [0.25, 0.3) is 16.9 Å². The van der Waals surface area contributed by atoms with Gasteiger partial charge in [-0.3, -0.25) is 9.55 Å². The highest BCUT2D eigenvalue weighted by Gasteiger charge is 2.36. The largest absolute Gasteiger partial charge is 0.479 e. The van der Waals surface area contributed by atoms with E-state index in [2.05, 4.69) is 56.8 Å². The Morgan fingerprint density at radius 1 is 0.978 bits per heavy atom. The van der Waals surface area contributed by atoms with Crippen LogP contribution in [-0.2, 0) is 22.5 Å².